The molecule has 1 fully saturated rings. The molecule has 1 aromatic rings. The van der Waals surface area contributed by atoms with Crippen LogP contribution in [0.1, 0.15) is 39.2 Å². The molecule has 27 heavy (non-hydrogen) atoms. The molecule has 2 rings (SSSR count). The number of hydrogen-bond acceptors (Lipinski definition) is 7. The molecular weight excluding hydrogens is 354 g/mol. The van der Waals surface area contributed by atoms with Crippen LogP contribution in [0.2, 0.25) is 0 Å². The van der Waals surface area contributed by atoms with Gasteiger partial charge in [0, 0.05) is 13.8 Å². The van der Waals surface area contributed by atoms with Crippen molar-refractivity contribution < 1.29 is 33.3 Å². The van der Waals surface area contributed by atoms with Crippen molar-refractivity contribution in [2.45, 2.75) is 64.8 Å². The first kappa shape index (κ1) is 20.7. The molecule has 0 spiro atoms. The quantitative estimate of drug-likeness (QED) is 0.598. The smallest absolute Gasteiger partial charge is 0.407 e. The van der Waals surface area contributed by atoms with E-state index in [4.69, 9.17) is 18.9 Å². The van der Waals surface area contributed by atoms with E-state index in [-0.39, 0.29) is 12.6 Å². The van der Waals surface area contributed by atoms with Crippen molar-refractivity contribution in [1.82, 2.24) is 5.32 Å². The van der Waals surface area contributed by atoms with E-state index in [1.165, 1.54) is 13.8 Å². The standard InChI is InChI=1S/C19H25NO7/c1-12(20-19(23)24-11-15-7-5-4-6-8-15)16-9-10-17(25-13(2)21)18(27-16)26-14(3)22/h4-8,12,16-18H,9-11H2,1-3H3,(H,20,23)/t12-,16+,17?,18?/m1/s1. The van der Waals surface area contributed by atoms with Crippen molar-refractivity contribution in [1.29, 1.82) is 0 Å². The highest BCUT2D eigenvalue weighted by molar-refractivity contribution is 5.68. The minimum Gasteiger partial charge on any atom is -0.456 e. The van der Waals surface area contributed by atoms with E-state index in [0.717, 1.165) is 5.56 Å². The topological polar surface area (TPSA) is 100 Å². The molecule has 0 aliphatic carbocycles. The van der Waals surface area contributed by atoms with E-state index >= 15 is 0 Å². The average Bonchev–Trinajstić information content (AvgIpc) is 2.61. The van der Waals surface area contributed by atoms with Gasteiger partial charge in [-0.1, -0.05) is 30.3 Å². The number of ether oxygens (including phenoxy) is 4. The molecule has 0 bridgehead atoms. The van der Waals surface area contributed by atoms with Gasteiger partial charge < -0.3 is 24.3 Å². The van der Waals surface area contributed by atoms with Crippen molar-refractivity contribution in [3.05, 3.63) is 35.9 Å². The number of rotatable bonds is 6. The first-order valence-electron chi connectivity index (χ1n) is 8.82. The fraction of sp³-hybridized carbons (Fsp3) is 0.526. The summed E-state index contributed by atoms with van der Waals surface area (Å²) in [5, 5.41) is 2.71. The SMILES string of the molecule is CC(=O)OC1CC[C@@H]([C@@H](C)NC(=O)OCc2ccccc2)OC1OC(C)=O. The number of benzene rings is 1. The maximum atomic E-state index is 12.0. The Hall–Kier alpha value is -2.61. The van der Waals surface area contributed by atoms with Gasteiger partial charge in [-0.2, -0.15) is 0 Å². The number of carbonyl (C=O) groups is 3. The molecule has 1 aliphatic rings. The highest BCUT2D eigenvalue weighted by Crippen LogP contribution is 2.25. The first-order valence-corrected chi connectivity index (χ1v) is 8.82. The molecule has 1 N–H and O–H groups in total. The number of carbonyl (C=O) groups excluding carboxylic acids is 3. The van der Waals surface area contributed by atoms with E-state index in [9.17, 15) is 14.4 Å². The Morgan fingerprint density at radius 2 is 1.78 bits per heavy atom. The Morgan fingerprint density at radius 3 is 2.41 bits per heavy atom. The molecule has 1 amide bonds. The second-order valence-electron chi connectivity index (χ2n) is 6.37. The van der Waals surface area contributed by atoms with Crippen LogP contribution in [-0.4, -0.2) is 42.6 Å². The molecule has 8 nitrogen and oxygen atoms in total. The Labute approximate surface area is 158 Å². The van der Waals surface area contributed by atoms with Crippen LogP contribution in [0.25, 0.3) is 0 Å². The predicted molar refractivity (Wildman–Crippen MR) is 94.4 cm³/mol. The largest absolute Gasteiger partial charge is 0.456 e. The molecular formula is C19H25NO7. The summed E-state index contributed by atoms with van der Waals surface area (Å²) < 4.78 is 21.2. The minimum absolute atomic E-state index is 0.162. The second-order valence-corrected chi connectivity index (χ2v) is 6.37. The van der Waals surface area contributed by atoms with Crippen molar-refractivity contribution in [3.8, 4) is 0 Å². The van der Waals surface area contributed by atoms with Crippen LogP contribution in [0.3, 0.4) is 0 Å². The fourth-order valence-electron chi connectivity index (χ4n) is 2.80. The van der Waals surface area contributed by atoms with Gasteiger partial charge in [0.1, 0.15) is 6.61 Å². The number of alkyl carbamates (subject to hydrolysis) is 1. The Balaban J connectivity index is 1.85. The summed E-state index contributed by atoms with van der Waals surface area (Å²) in [5.74, 6) is -1.02. The zero-order valence-electron chi connectivity index (χ0n) is 15.7. The monoisotopic (exact) mass is 379 g/mol. The molecule has 0 aromatic heterocycles. The number of hydrogen-bond donors (Lipinski definition) is 1. The van der Waals surface area contributed by atoms with E-state index in [0.29, 0.717) is 12.8 Å². The van der Waals surface area contributed by atoms with Gasteiger partial charge in [0.05, 0.1) is 12.1 Å². The Morgan fingerprint density at radius 1 is 1.11 bits per heavy atom. The molecule has 0 radical (unpaired) electrons. The molecule has 1 heterocycles. The van der Waals surface area contributed by atoms with Crippen LogP contribution in [0.5, 0.6) is 0 Å². The lowest BCUT2D eigenvalue weighted by molar-refractivity contribution is -0.244. The summed E-state index contributed by atoms with van der Waals surface area (Å²) >= 11 is 0. The minimum atomic E-state index is -1.00. The number of nitrogens with one attached hydrogen (secondary N) is 1. The Bertz CT molecular complexity index is 649. The van der Waals surface area contributed by atoms with Crippen molar-refractivity contribution in [3.63, 3.8) is 0 Å². The summed E-state index contributed by atoms with van der Waals surface area (Å²) in [6, 6.07) is 8.95. The molecule has 1 aliphatic heterocycles. The van der Waals surface area contributed by atoms with E-state index < -0.39 is 36.5 Å². The molecule has 8 heteroatoms. The summed E-state index contributed by atoms with van der Waals surface area (Å²) in [6.07, 6.45) is -1.68. The van der Waals surface area contributed by atoms with Crippen LogP contribution in [0.4, 0.5) is 4.79 Å². The lowest BCUT2D eigenvalue weighted by Gasteiger charge is -2.37. The Kier molecular flexibility index (Phi) is 7.60. The molecule has 2 unspecified atom stereocenters. The van der Waals surface area contributed by atoms with Crippen LogP contribution in [0.15, 0.2) is 30.3 Å². The third kappa shape index (κ3) is 6.90. The summed E-state index contributed by atoms with van der Waals surface area (Å²) in [4.78, 5) is 34.5. The zero-order valence-corrected chi connectivity index (χ0v) is 15.7. The van der Waals surface area contributed by atoms with Gasteiger partial charge in [-0.3, -0.25) is 9.59 Å². The first-order chi connectivity index (χ1) is 12.8. The van der Waals surface area contributed by atoms with Gasteiger partial charge in [0.25, 0.3) is 0 Å². The molecule has 148 valence electrons. The number of esters is 2. The third-order valence-electron chi connectivity index (χ3n) is 4.06. The molecule has 4 atom stereocenters. The van der Waals surface area contributed by atoms with Gasteiger partial charge in [0.15, 0.2) is 6.10 Å². The highest BCUT2D eigenvalue weighted by Gasteiger charge is 2.38. The van der Waals surface area contributed by atoms with Crippen LogP contribution >= 0.6 is 0 Å². The summed E-state index contributed by atoms with van der Waals surface area (Å²) in [6.45, 7) is 4.46. The molecule has 1 aromatic carbocycles. The lowest BCUT2D eigenvalue weighted by atomic mass is 10.0. The fourth-order valence-corrected chi connectivity index (χ4v) is 2.80. The summed E-state index contributed by atoms with van der Waals surface area (Å²) in [7, 11) is 0. The van der Waals surface area contributed by atoms with Crippen molar-refractivity contribution in [2.75, 3.05) is 0 Å². The lowest BCUT2D eigenvalue weighted by Crippen LogP contribution is -2.51. The van der Waals surface area contributed by atoms with Crippen LogP contribution in [0, 0.1) is 0 Å². The summed E-state index contributed by atoms with van der Waals surface area (Å²) in [5.41, 5.74) is 0.883. The van der Waals surface area contributed by atoms with Gasteiger partial charge in [-0.15, -0.1) is 0 Å². The van der Waals surface area contributed by atoms with Gasteiger partial charge >= 0.3 is 18.0 Å². The van der Waals surface area contributed by atoms with E-state index in [1.54, 1.807) is 6.92 Å². The van der Waals surface area contributed by atoms with Gasteiger partial charge in [-0.25, -0.2) is 4.79 Å². The maximum Gasteiger partial charge on any atom is 0.407 e. The average molecular weight is 379 g/mol. The van der Waals surface area contributed by atoms with Crippen molar-refractivity contribution >= 4 is 18.0 Å². The third-order valence-corrected chi connectivity index (χ3v) is 4.06. The zero-order chi connectivity index (χ0) is 19.8. The predicted octanol–water partition coefficient (Wildman–Crippen LogP) is 2.30. The molecule has 1 saturated heterocycles. The van der Waals surface area contributed by atoms with Crippen LogP contribution < -0.4 is 5.32 Å². The number of amides is 1. The highest BCUT2D eigenvalue weighted by atomic mass is 16.7. The van der Waals surface area contributed by atoms with Gasteiger partial charge in [-0.05, 0) is 25.3 Å². The van der Waals surface area contributed by atoms with E-state index in [2.05, 4.69) is 5.32 Å². The van der Waals surface area contributed by atoms with Crippen LogP contribution in [-0.2, 0) is 35.1 Å². The maximum absolute atomic E-state index is 12.0. The normalized spacial score (nSPS) is 23.0. The van der Waals surface area contributed by atoms with Gasteiger partial charge in [0.2, 0.25) is 6.29 Å². The van der Waals surface area contributed by atoms with Crippen molar-refractivity contribution in [2.24, 2.45) is 0 Å². The van der Waals surface area contributed by atoms with E-state index in [1.807, 2.05) is 30.3 Å². The molecule has 0 saturated carbocycles. The second kappa shape index (κ2) is 9.91.